The molecule has 9 heteroatoms. The number of thiocarbonyl (C=S) groups is 1. The zero-order valence-electron chi connectivity index (χ0n) is 23.5. The fourth-order valence-electron chi connectivity index (χ4n) is 5.98. The molecule has 2 saturated heterocycles. The molecule has 2 fully saturated rings. The van der Waals surface area contributed by atoms with Crippen molar-refractivity contribution in [2.45, 2.75) is 32.9 Å². The maximum absolute atomic E-state index is 11.6. The molecule has 210 valence electrons. The van der Waals surface area contributed by atoms with Crippen LogP contribution < -0.4 is 20.4 Å². The van der Waals surface area contributed by atoms with Crippen molar-refractivity contribution in [3.63, 3.8) is 0 Å². The van der Waals surface area contributed by atoms with Crippen molar-refractivity contribution in [3.05, 3.63) is 102 Å². The summed E-state index contributed by atoms with van der Waals surface area (Å²) in [5.41, 5.74) is 8.43. The minimum Gasteiger partial charge on any atom is -0.378 e. The van der Waals surface area contributed by atoms with E-state index in [0.29, 0.717) is 5.11 Å². The van der Waals surface area contributed by atoms with Crippen molar-refractivity contribution in [1.29, 1.82) is 0 Å². The van der Waals surface area contributed by atoms with E-state index in [-0.39, 0.29) is 18.0 Å². The Morgan fingerprint density at radius 1 is 0.976 bits per heavy atom. The lowest BCUT2D eigenvalue weighted by atomic mass is 9.96. The van der Waals surface area contributed by atoms with E-state index in [1.807, 2.05) is 48.7 Å². The molecular formula is C32H34N6O2S. The van der Waals surface area contributed by atoms with E-state index >= 15 is 0 Å². The molecule has 0 radical (unpaired) electrons. The molecule has 2 aliphatic rings. The Labute approximate surface area is 245 Å². The Morgan fingerprint density at radius 3 is 2.32 bits per heavy atom. The number of ether oxygens (including phenoxy) is 1. The quantitative estimate of drug-likeness (QED) is 0.300. The molecule has 2 aromatic heterocycles. The third kappa shape index (κ3) is 5.30. The minimum atomic E-state index is -0.142. The monoisotopic (exact) mass is 566 g/mol. The number of aromatic nitrogens is 2. The maximum Gasteiger partial charge on any atom is 0.221 e. The van der Waals surface area contributed by atoms with Crippen LogP contribution in [0.5, 0.6) is 0 Å². The van der Waals surface area contributed by atoms with Gasteiger partial charge in [0.25, 0.3) is 0 Å². The van der Waals surface area contributed by atoms with Crippen molar-refractivity contribution in [3.8, 4) is 5.69 Å². The van der Waals surface area contributed by atoms with Gasteiger partial charge in [-0.25, -0.2) is 0 Å². The SMILES string of the molecule is CC(=O)Nc1ccc(N2C(=S)N[C@@H](c3ccccn3)[C@@H]2c2cc(C)n(-c3ccc(N4CCOCC4)cc3)c2C)cc1. The van der Waals surface area contributed by atoms with E-state index in [2.05, 4.69) is 69.2 Å². The number of morpholine rings is 1. The van der Waals surface area contributed by atoms with Crippen LogP contribution in [0.4, 0.5) is 17.1 Å². The first kappa shape index (κ1) is 27.0. The van der Waals surface area contributed by atoms with Gasteiger partial charge in [-0.05, 0) is 98.4 Å². The topological polar surface area (TPSA) is 74.7 Å². The van der Waals surface area contributed by atoms with Crippen LogP contribution in [0.15, 0.2) is 79.0 Å². The fourth-order valence-corrected chi connectivity index (χ4v) is 6.32. The second kappa shape index (κ2) is 11.3. The van der Waals surface area contributed by atoms with Gasteiger partial charge in [0, 0.05) is 60.3 Å². The summed E-state index contributed by atoms with van der Waals surface area (Å²) >= 11 is 5.93. The van der Waals surface area contributed by atoms with E-state index in [1.165, 1.54) is 18.2 Å². The van der Waals surface area contributed by atoms with E-state index in [4.69, 9.17) is 21.9 Å². The van der Waals surface area contributed by atoms with Gasteiger partial charge in [-0.1, -0.05) is 6.07 Å². The molecule has 0 spiro atoms. The smallest absolute Gasteiger partial charge is 0.221 e. The van der Waals surface area contributed by atoms with Crippen LogP contribution >= 0.6 is 12.2 Å². The van der Waals surface area contributed by atoms with Crippen LogP contribution in [0.1, 0.15) is 41.7 Å². The molecule has 0 bridgehead atoms. The van der Waals surface area contributed by atoms with Gasteiger partial charge in [-0.3, -0.25) is 9.78 Å². The maximum atomic E-state index is 11.6. The molecule has 41 heavy (non-hydrogen) atoms. The molecule has 6 rings (SSSR count). The van der Waals surface area contributed by atoms with Crippen molar-refractivity contribution >= 4 is 40.3 Å². The molecule has 0 saturated carbocycles. The highest BCUT2D eigenvalue weighted by atomic mass is 32.1. The van der Waals surface area contributed by atoms with Gasteiger partial charge >= 0.3 is 0 Å². The van der Waals surface area contributed by atoms with Gasteiger partial charge in [-0.2, -0.15) is 0 Å². The Hall–Kier alpha value is -4.21. The number of carbonyl (C=O) groups excluding carboxylic acids is 1. The summed E-state index contributed by atoms with van der Waals surface area (Å²) < 4.78 is 7.83. The summed E-state index contributed by atoms with van der Waals surface area (Å²) in [5.74, 6) is -0.102. The summed E-state index contributed by atoms with van der Waals surface area (Å²) in [6.45, 7) is 9.19. The third-order valence-electron chi connectivity index (χ3n) is 7.84. The van der Waals surface area contributed by atoms with Crippen LogP contribution in [-0.4, -0.2) is 46.9 Å². The molecule has 2 atom stereocenters. The second-order valence-electron chi connectivity index (χ2n) is 10.5. The predicted molar refractivity (Wildman–Crippen MR) is 167 cm³/mol. The number of pyridine rings is 1. The summed E-state index contributed by atoms with van der Waals surface area (Å²) in [5, 5.41) is 7.04. The van der Waals surface area contributed by atoms with Crippen molar-refractivity contribution < 1.29 is 9.53 Å². The standard InChI is InChI=1S/C32H34N6O2S/c1-21-20-28(22(2)37(21)26-13-11-25(12-14-26)36-16-18-40-19-17-36)31-30(29-6-4-5-15-33-29)35-32(41)38(31)27-9-7-24(8-10-27)34-23(3)39/h4-15,20,30-31H,16-19H2,1-3H3,(H,34,39)(H,35,41)/t30-,31-/m0/s1. The first-order valence-corrected chi connectivity index (χ1v) is 14.3. The van der Waals surface area contributed by atoms with E-state index in [9.17, 15) is 4.79 Å². The first-order chi connectivity index (χ1) is 19.9. The van der Waals surface area contributed by atoms with Crippen LogP contribution in [0.25, 0.3) is 5.69 Å². The van der Waals surface area contributed by atoms with Gasteiger partial charge in [0.2, 0.25) is 5.91 Å². The molecule has 8 nitrogen and oxygen atoms in total. The Bertz CT molecular complexity index is 1550. The number of hydrogen-bond donors (Lipinski definition) is 2. The molecule has 0 unspecified atom stereocenters. The van der Waals surface area contributed by atoms with Gasteiger partial charge in [-0.15, -0.1) is 0 Å². The fraction of sp³-hybridized carbons (Fsp3) is 0.281. The Morgan fingerprint density at radius 2 is 1.66 bits per heavy atom. The van der Waals surface area contributed by atoms with E-state index < -0.39 is 0 Å². The molecule has 2 aromatic carbocycles. The number of rotatable bonds is 6. The van der Waals surface area contributed by atoms with Crippen LogP contribution in [-0.2, 0) is 9.53 Å². The number of nitrogens with one attached hydrogen (secondary N) is 2. The lowest BCUT2D eigenvalue weighted by Gasteiger charge is -2.29. The molecule has 2 aliphatic heterocycles. The van der Waals surface area contributed by atoms with Gasteiger partial charge in [0.05, 0.1) is 31.0 Å². The zero-order valence-corrected chi connectivity index (χ0v) is 24.3. The zero-order chi connectivity index (χ0) is 28.5. The lowest BCUT2D eigenvalue weighted by Crippen LogP contribution is -2.36. The normalized spacial score (nSPS) is 18.9. The number of carbonyl (C=O) groups is 1. The summed E-state index contributed by atoms with van der Waals surface area (Å²) in [4.78, 5) is 20.8. The van der Waals surface area contributed by atoms with Crippen LogP contribution in [0.3, 0.4) is 0 Å². The number of benzene rings is 2. The molecular weight excluding hydrogens is 532 g/mol. The number of aryl methyl sites for hydroxylation is 1. The van der Waals surface area contributed by atoms with E-state index in [0.717, 1.165) is 60.4 Å². The second-order valence-corrected chi connectivity index (χ2v) is 10.9. The van der Waals surface area contributed by atoms with Gasteiger partial charge in [0.1, 0.15) is 0 Å². The van der Waals surface area contributed by atoms with Crippen molar-refractivity contribution in [2.24, 2.45) is 0 Å². The number of hydrogen-bond acceptors (Lipinski definition) is 5. The molecule has 4 aromatic rings. The third-order valence-corrected chi connectivity index (χ3v) is 8.15. The van der Waals surface area contributed by atoms with Crippen LogP contribution in [0, 0.1) is 13.8 Å². The average molecular weight is 567 g/mol. The lowest BCUT2D eigenvalue weighted by molar-refractivity contribution is -0.114. The highest BCUT2D eigenvalue weighted by Gasteiger charge is 2.42. The molecule has 2 N–H and O–H groups in total. The summed E-state index contributed by atoms with van der Waals surface area (Å²) in [6.07, 6.45) is 1.82. The van der Waals surface area contributed by atoms with Crippen molar-refractivity contribution in [1.82, 2.24) is 14.9 Å². The molecule has 0 aliphatic carbocycles. The van der Waals surface area contributed by atoms with Crippen LogP contribution in [0.2, 0.25) is 0 Å². The highest BCUT2D eigenvalue weighted by molar-refractivity contribution is 7.80. The number of anilines is 3. The average Bonchev–Trinajstić information content (AvgIpc) is 3.48. The largest absolute Gasteiger partial charge is 0.378 e. The highest BCUT2D eigenvalue weighted by Crippen LogP contribution is 2.44. The van der Waals surface area contributed by atoms with Gasteiger partial charge in [0.15, 0.2) is 5.11 Å². The van der Waals surface area contributed by atoms with E-state index in [1.54, 1.807) is 0 Å². The number of amides is 1. The Kier molecular flexibility index (Phi) is 7.47. The number of nitrogens with zero attached hydrogens (tertiary/aromatic N) is 4. The summed E-state index contributed by atoms with van der Waals surface area (Å²) in [6, 6.07) is 24.6. The Balaban J connectivity index is 1.39. The van der Waals surface area contributed by atoms with Crippen molar-refractivity contribution in [2.75, 3.05) is 41.4 Å². The molecule has 1 amide bonds. The van der Waals surface area contributed by atoms with Gasteiger partial charge < -0.3 is 29.7 Å². The summed E-state index contributed by atoms with van der Waals surface area (Å²) in [7, 11) is 0. The predicted octanol–water partition coefficient (Wildman–Crippen LogP) is 5.46. The molecule has 4 heterocycles. The minimum absolute atomic E-state index is 0.102. The first-order valence-electron chi connectivity index (χ1n) is 13.9.